The topological polar surface area (TPSA) is 66.9 Å². The summed E-state index contributed by atoms with van der Waals surface area (Å²) in [5, 5.41) is 13.8. The second-order valence-electron chi connectivity index (χ2n) is 4.16. The number of halogens is 1. The van der Waals surface area contributed by atoms with Crippen molar-refractivity contribution in [3.8, 4) is 0 Å². The molecule has 20 heavy (non-hydrogen) atoms. The Kier molecular flexibility index (Phi) is 5.06. The minimum Gasteiger partial charge on any atom is -0.369 e. The van der Waals surface area contributed by atoms with Crippen LogP contribution in [0.15, 0.2) is 40.9 Å². The van der Waals surface area contributed by atoms with E-state index in [4.69, 9.17) is 0 Å². The number of benzene rings is 1. The van der Waals surface area contributed by atoms with E-state index in [0.717, 1.165) is 17.4 Å². The van der Waals surface area contributed by atoms with E-state index in [2.05, 4.69) is 43.7 Å². The van der Waals surface area contributed by atoms with Crippen molar-refractivity contribution in [2.45, 2.75) is 13.3 Å². The fourth-order valence-electron chi connectivity index (χ4n) is 1.55. The van der Waals surface area contributed by atoms with E-state index in [1.165, 1.54) is 0 Å². The van der Waals surface area contributed by atoms with Gasteiger partial charge in [-0.25, -0.2) is 0 Å². The van der Waals surface area contributed by atoms with E-state index in [9.17, 15) is 4.79 Å². The smallest absolute Gasteiger partial charge is 0.276 e. The molecule has 0 aliphatic heterocycles. The van der Waals surface area contributed by atoms with Crippen molar-refractivity contribution >= 4 is 33.3 Å². The Bertz CT molecular complexity index is 586. The first kappa shape index (κ1) is 14.5. The largest absolute Gasteiger partial charge is 0.369 e. The quantitative estimate of drug-likeness (QED) is 0.880. The summed E-state index contributed by atoms with van der Waals surface area (Å²) in [7, 11) is 0. The van der Waals surface area contributed by atoms with Crippen LogP contribution in [0.3, 0.4) is 0 Å². The summed E-state index contributed by atoms with van der Waals surface area (Å²) >= 11 is 3.38. The van der Waals surface area contributed by atoms with Gasteiger partial charge in [0.05, 0.1) is 5.69 Å². The molecule has 104 valence electrons. The van der Waals surface area contributed by atoms with E-state index in [-0.39, 0.29) is 11.6 Å². The molecule has 0 unspecified atom stereocenters. The summed E-state index contributed by atoms with van der Waals surface area (Å²) in [5.41, 5.74) is 0.982. The van der Waals surface area contributed by atoms with Crippen molar-refractivity contribution in [3.05, 3.63) is 46.6 Å². The molecule has 1 aromatic carbocycles. The molecule has 6 heteroatoms. The van der Waals surface area contributed by atoms with Gasteiger partial charge < -0.3 is 10.6 Å². The lowest BCUT2D eigenvalue weighted by Crippen LogP contribution is -2.15. The van der Waals surface area contributed by atoms with Gasteiger partial charge in [0.2, 0.25) is 0 Å². The first-order valence-corrected chi connectivity index (χ1v) is 7.13. The monoisotopic (exact) mass is 334 g/mol. The molecular weight excluding hydrogens is 320 g/mol. The zero-order valence-electron chi connectivity index (χ0n) is 11.1. The predicted octanol–water partition coefficient (Wildman–Crippen LogP) is 3.31. The van der Waals surface area contributed by atoms with Crippen LogP contribution in [0.1, 0.15) is 23.8 Å². The van der Waals surface area contributed by atoms with E-state index < -0.39 is 0 Å². The van der Waals surface area contributed by atoms with Crippen LogP contribution in [0.4, 0.5) is 11.5 Å². The molecular formula is C14H15BrN4O. The Labute approximate surface area is 125 Å². The summed E-state index contributed by atoms with van der Waals surface area (Å²) in [5.74, 6) is 0.385. The van der Waals surface area contributed by atoms with Gasteiger partial charge in [-0.3, -0.25) is 4.79 Å². The molecule has 2 aromatic rings. The van der Waals surface area contributed by atoms with Crippen LogP contribution < -0.4 is 10.6 Å². The van der Waals surface area contributed by atoms with Crippen LogP contribution >= 0.6 is 15.9 Å². The Hall–Kier alpha value is -1.95. The highest BCUT2D eigenvalue weighted by Gasteiger charge is 2.10. The van der Waals surface area contributed by atoms with Gasteiger partial charge in [0.25, 0.3) is 5.91 Å². The van der Waals surface area contributed by atoms with Crippen LogP contribution in [0.25, 0.3) is 0 Å². The molecule has 0 spiro atoms. The second-order valence-corrected chi connectivity index (χ2v) is 5.02. The third-order valence-corrected chi connectivity index (χ3v) is 3.27. The standard InChI is InChI=1S/C14H15BrN4O/c1-2-9-16-13-8-7-12(18-19-13)14(20)17-11-6-4-3-5-10(11)15/h3-8H,2,9H2,1H3,(H,16,19)(H,17,20). The van der Waals surface area contributed by atoms with E-state index >= 15 is 0 Å². The highest BCUT2D eigenvalue weighted by atomic mass is 79.9. The van der Waals surface area contributed by atoms with Gasteiger partial charge in [-0.15, -0.1) is 10.2 Å². The SMILES string of the molecule is CCCNc1ccc(C(=O)Nc2ccccc2Br)nn1. The van der Waals surface area contributed by atoms with Gasteiger partial charge in [-0.2, -0.15) is 0 Å². The zero-order chi connectivity index (χ0) is 14.4. The fourth-order valence-corrected chi connectivity index (χ4v) is 1.93. The fraction of sp³-hybridized carbons (Fsp3) is 0.214. The minimum atomic E-state index is -0.286. The average molecular weight is 335 g/mol. The number of nitrogens with zero attached hydrogens (tertiary/aromatic N) is 2. The van der Waals surface area contributed by atoms with Gasteiger partial charge >= 0.3 is 0 Å². The zero-order valence-corrected chi connectivity index (χ0v) is 12.6. The van der Waals surface area contributed by atoms with Gasteiger partial charge in [0.15, 0.2) is 5.69 Å². The number of carbonyl (C=O) groups is 1. The van der Waals surface area contributed by atoms with E-state index in [0.29, 0.717) is 11.5 Å². The Morgan fingerprint density at radius 3 is 2.65 bits per heavy atom. The normalized spacial score (nSPS) is 10.1. The van der Waals surface area contributed by atoms with Crippen LogP contribution in [0.5, 0.6) is 0 Å². The number of para-hydroxylation sites is 1. The number of carbonyl (C=O) groups excluding carboxylic acids is 1. The van der Waals surface area contributed by atoms with Crippen LogP contribution in [-0.2, 0) is 0 Å². The molecule has 2 N–H and O–H groups in total. The highest BCUT2D eigenvalue weighted by Crippen LogP contribution is 2.21. The molecule has 0 radical (unpaired) electrons. The van der Waals surface area contributed by atoms with Gasteiger partial charge in [-0.1, -0.05) is 19.1 Å². The summed E-state index contributed by atoms with van der Waals surface area (Å²) in [6.45, 7) is 2.90. The number of rotatable bonds is 5. The molecule has 5 nitrogen and oxygen atoms in total. The summed E-state index contributed by atoms with van der Waals surface area (Å²) in [6, 6.07) is 10.8. The Morgan fingerprint density at radius 2 is 2.00 bits per heavy atom. The highest BCUT2D eigenvalue weighted by molar-refractivity contribution is 9.10. The summed E-state index contributed by atoms with van der Waals surface area (Å²) < 4.78 is 0.822. The number of hydrogen-bond donors (Lipinski definition) is 2. The van der Waals surface area contributed by atoms with Crippen molar-refractivity contribution in [1.29, 1.82) is 0 Å². The number of aromatic nitrogens is 2. The lowest BCUT2D eigenvalue weighted by molar-refractivity contribution is 0.102. The molecule has 1 aromatic heterocycles. The molecule has 0 bridgehead atoms. The number of amides is 1. The molecule has 0 aliphatic carbocycles. The van der Waals surface area contributed by atoms with Crippen molar-refractivity contribution in [1.82, 2.24) is 10.2 Å². The summed E-state index contributed by atoms with van der Waals surface area (Å²) in [4.78, 5) is 12.0. The maximum atomic E-state index is 12.0. The maximum absolute atomic E-state index is 12.0. The number of nitrogens with one attached hydrogen (secondary N) is 2. The number of hydrogen-bond acceptors (Lipinski definition) is 4. The van der Waals surface area contributed by atoms with Gasteiger partial charge in [-0.05, 0) is 46.6 Å². The number of anilines is 2. The minimum absolute atomic E-state index is 0.280. The molecule has 1 heterocycles. The third kappa shape index (κ3) is 3.77. The lowest BCUT2D eigenvalue weighted by atomic mass is 10.3. The molecule has 0 saturated heterocycles. The molecule has 1 amide bonds. The van der Waals surface area contributed by atoms with Crippen LogP contribution in [-0.4, -0.2) is 22.6 Å². The molecule has 0 saturated carbocycles. The van der Waals surface area contributed by atoms with Crippen molar-refractivity contribution in [3.63, 3.8) is 0 Å². The summed E-state index contributed by atoms with van der Waals surface area (Å²) in [6.07, 6.45) is 1.01. The lowest BCUT2D eigenvalue weighted by Gasteiger charge is -2.07. The van der Waals surface area contributed by atoms with Gasteiger partial charge in [0, 0.05) is 11.0 Å². The maximum Gasteiger partial charge on any atom is 0.276 e. The molecule has 2 rings (SSSR count). The third-order valence-electron chi connectivity index (χ3n) is 2.58. The second kappa shape index (κ2) is 7.00. The molecule has 0 fully saturated rings. The van der Waals surface area contributed by atoms with E-state index in [1.54, 1.807) is 12.1 Å². The van der Waals surface area contributed by atoms with Crippen LogP contribution in [0.2, 0.25) is 0 Å². The van der Waals surface area contributed by atoms with E-state index in [1.807, 2.05) is 24.3 Å². The molecule has 0 aliphatic rings. The van der Waals surface area contributed by atoms with Crippen molar-refractivity contribution in [2.75, 3.05) is 17.2 Å². The van der Waals surface area contributed by atoms with Crippen molar-refractivity contribution in [2.24, 2.45) is 0 Å². The van der Waals surface area contributed by atoms with Crippen molar-refractivity contribution < 1.29 is 4.79 Å². The first-order chi connectivity index (χ1) is 9.70. The first-order valence-electron chi connectivity index (χ1n) is 6.34. The Balaban J connectivity index is 2.04. The Morgan fingerprint density at radius 1 is 1.20 bits per heavy atom. The van der Waals surface area contributed by atoms with Crippen LogP contribution in [0, 0.1) is 0 Å². The predicted molar refractivity (Wildman–Crippen MR) is 82.9 cm³/mol. The van der Waals surface area contributed by atoms with Gasteiger partial charge in [0.1, 0.15) is 5.82 Å². The average Bonchev–Trinajstić information content (AvgIpc) is 2.48. The molecule has 0 atom stereocenters.